The lowest BCUT2D eigenvalue weighted by Crippen LogP contribution is -2.24. The highest BCUT2D eigenvalue weighted by Gasteiger charge is 2.05. The number of anilines is 2. The highest BCUT2D eigenvalue weighted by Crippen LogP contribution is 2.13. The second-order valence-electron chi connectivity index (χ2n) is 3.14. The van der Waals surface area contributed by atoms with E-state index in [4.69, 9.17) is 11.5 Å². The van der Waals surface area contributed by atoms with E-state index in [1.54, 1.807) is 18.2 Å². The van der Waals surface area contributed by atoms with E-state index in [0.717, 1.165) is 6.42 Å². The van der Waals surface area contributed by atoms with Crippen molar-refractivity contribution in [3.8, 4) is 0 Å². The Kier molecular flexibility index (Phi) is 3.34. The number of nitrogen functional groups attached to an aromatic ring is 2. The van der Waals surface area contributed by atoms with E-state index in [0.29, 0.717) is 23.5 Å². The number of nitrogens with one attached hydrogen (secondary N) is 1. The number of nitrogens with two attached hydrogens (primary N) is 2. The molecule has 14 heavy (non-hydrogen) atoms. The summed E-state index contributed by atoms with van der Waals surface area (Å²) in [7, 11) is 0. The van der Waals surface area contributed by atoms with Crippen LogP contribution < -0.4 is 16.8 Å². The molecule has 1 amide bonds. The molecule has 1 rings (SSSR count). The van der Waals surface area contributed by atoms with Gasteiger partial charge in [0.2, 0.25) is 0 Å². The largest absolute Gasteiger partial charge is 0.399 e. The third kappa shape index (κ3) is 2.65. The molecule has 0 bridgehead atoms. The number of rotatable bonds is 3. The van der Waals surface area contributed by atoms with Gasteiger partial charge in [0, 0.05) is 23.5 Å². The zero-order valence-electron chi connectivity index (χ0n) is 8.21. The number of hydrogen-bond acceptors (Lipinski definition) is 3. The summed E-state index contributed by atoms with van der Waals surface area (Å²) in [6.45, 7) is 2.65. The predicted octanol–water partition coefficient (Wildman–Crippen LogP) is 0.991. The van der Waals surface area contributed by atoms with Crippen molar-refractivity contribution in [2.45, 2.75) is 13.3 Å². The van der Waals surface area contributed by atoms with Crippen molar-refractivity contribution >= 4 is 17.3 Å². The number of hydrogen-bond donors (Lipinski definition) is 3. The number of carbonyl (C=O) groups excluding carboxylic acids is 1. The quantitative estimate of drug-likeness (QED) is 0.626. The first kappa shape index (κ1) is 10.4. The van der Waals surface area contributed by atoms with Crippen LogP contribution in [0.4, 0.5) is 11.4 Å². The molecule has 1 aromatic rings. The summed E-state index contributed by atoms with van der Waals surface area (Å²) in [5, 5.41) is 2.75. The van der Waals surface area contributed by atoms with Crippen LogP contribution in [0.15, 0.2) is 18.2 Å². The lowest BCUT2D eigenvalue weighted by Gasteiger charge is -2.05. The smallest absolute Gasteiger partial charge is 0.251 e. The third-order valence-electron chi connectivity index (χ3n) is 1.78. The van der Waals surface area contributed by atoms with Gasteiger partial charge in [0.15, 0.2) is 0 Å². The Balaban J connectivity index is 2.79. The van der Waals surface area contributed by atoms with Gasteiger partial charge in [0.05, 0.1) is 0 Å². The molecule has 0 heterocycles. The van der Waals surface area contributed by atoms with E-state index >= 15 is 0 Å². The fourth-order valence-corrected chi connectivity index (χ4v) is 1.15. The summed E-state index contributed by atoms with van der Waals surface area (Å²) in [4.78, 5) is 11.5. The van der Waals surface area contributed by atoms with Gasteiger partial charge in [-0.3, -0.25) is 4.79 Å². The minimum atomic E-state index is -0.133. The molecule has 0 spiro atoms. The Morgan fingerprint density at radius 1 is 1.29 bits per heavy atom. The van der Waals surface area contributed by atoms with Crippen LogP contribution in [0.3, 0.4) is 0 Å². The van der Waals surface area contributed by atoms with Gasteiger partial charge in [-0.2, -0.15) is 0 Å². The lowest BCUT2D eigenvalue weighted by molar-refractivity contribution is 0.0953. The highest BCUT2D eigenvalue weighted by molar-refractivity contribution is 5.96. The van der Waals surface area contributed by atoms with Gasteiger partial charge in [0.25, 0.3) is 5.91 Å². The summed E-state index contributed by atoms with van der Waals surface area (Å²) in [5.41, 5.74) is 12.7. The molecule has 76 valence electrons. The summed E-state index contributed by atoms with van der Waals surface area (Å²) >= 11 is 0. The van der Waals surface area contributed by atoms with E-state index in [1.165, 1.54) is 0 Å². The van der Waals surface area contributed by atoms with Gasteiger partial charge < -0.3 is 16.8 Å². The molecule has 0 aromatic heterocycles. The van der Waals surface area contributed by atoms with Crippen LogP contribution in [0.1, 0.15) is 23.7 Å². The van der Waals surface area contributed by atoms with Crippen LogP contribution in [0.25, 0.3) is 0 Å². The van der Waals surface area contributed by atoms with Gasteiger partial charge in [-0.1, -0.05) is 6.92 Å². The van der Waals surface area contributed by atoms with Gasteiger partial charge in [-0.05, 0) is 24.6 Å². The number of carbonyl (C=O) groups is 1. The summed E-state index contributed by atoms with van der Waals surface area (Å²) < 4.78 is 0. The van der Waals surface area contributed by atoms with Crippen molar-refractivity contribution in [2.75, 3.05) is 18.0 Å². The van der Waals surface area contributed by atoms with Crippen LogP contribution in [-0.2, 0) is 0 Å². The fourth-order valence-electron chi connectivity index (χ4n) is 1.15. The molecule has 0 fully saturated rings. The molecule has 4 nitrogen and oxygen atoms in total. The van der Waals surface area contributed by atoms with E-state index < -0.39 is 0 Å². The second-order valence-corrected chi connectivity index (χ2v) is 3.14. The Hall–Kier alpha value is -1.71. The summed E-state index contributed by atoms with van der Waals surface area (Å²) in [5.74, 6) is -0.133. The van der Waals surface area contributed by atoms with Crippen molar-refractivity contribution in [1.29, 1.82) is 0 Å². The average molecular weight is 193 g/mol. The Bertz CT molecular complexity index is 316. The minimum absolute atomic E-state index is 0.133. The minimum Gasteiger partial charge on any atom is -0.399 e. The van der Waals surface area contributed by atoms with Gasteiger partial charge >= 0.3 is 0 Å². The molecule has 0 radical (unpaired) electrons. The van der Waals surface area contributed by atoms with Gasteiger partial charge in [-0.15, -0.1) is 0 Å². The Labute approximate surface area is 83.3 Å². The molecular weight excluding hydrogens is 178 g/mol. The number of amides is 1. The van der Waals surface area contributed by atoms with Gasteiger partial charge in [-0.25, -0.2) is 0 Å². The topological polar surface area (TPSA) is 81.1 Å². The maximum absolute atomic E-state index is 11.5. The standard InChI is InChI=1S/C10H15N3O/c1-2-3-13-10(14)7-4-8(11)6-9(12)5-7/h4-6H,2-3,11-12H2,1H3,(H,13,14). The highest BCUT2D eigenvalue weighted by atomic mass is 16.1. The van der Waals surface area contributed by atoms with E-state index in [9.17, 15) is 4.79 Å². The Morgan fingerprint density at radius 3 is 2.36 bits per heavy atom. The molecule has 0 aliphatic rings. The second kappa shape index (κ2) is 4.50. The van der Waals surface area contributed by atoms with Crippen molar-refractivity contribution in [1.82, 2.24) is 5.32 Å². The van der Waals surface area contributed by atoms with Crippen molar-refractivity contribution in [2.24, 2.45) is 0 Å². The zero-order chi connectivity index (χ0) is 10.6. The molecule has 1 aromatic carbocycles. The molecular formula is C10H15N3O. The van der Waals surface area contributed by atoms with Crippen molar-refractivity contribution < 1.29 is 4.79 Å². The van der Waals surface area contributed by atoms with E-state index in [-0.39, 0.29) is 5.91 Å². The maximum atomic E-state index is 11.5. The van der Waals surface area contributed by atoms with Crippen LogP contribution in [-0.4, -0.2) is 12.5 Å². The molecule has 0 aliphatic heterocycles. The average Bonchev–Trinajstić information content (AvgIpc) is 2.12. The molecule has 0 saturated carbocycles. The van der Waals surface area contributed by atoms with Gasteiger partial charge in [0.1, 0.15) is 0 Å². The van der Waals surface area contributed by atoms with Crippen LogP contribution in [0, 0.1) is 0 Å². The Morgan fingerprint density at radius 2 is 1.86 bits per heavy atom. The monoisotopic (exact) mass is 193 g/mol. The normalized spacial score (nSPS) is 9.79. The summed E-state index contributed by atoms with van der Waals surface area (Å²) in [6.07, 6.45) is 0.906. The van der Waals surface area contributed by atoms with Crippen molar-refractivity contribution in [3.05, 3.63) is 23.8 Å². The molecule has 0 saturated heterocycles. The summed E-state index contributed by atoms with van der Waals surface area (Å²) in [6, 6.07) is 4.85. The van der Waals surface area contributed by atoms with E-state index in [1.807, 2.05) is 6.92 Å². The molecule has 5 N–H and O–H groups in total. The molecule has 0 unspecified atom stereocenters. The van der Waals surface area contributed by atoms with Crippen LogP contribution in [0.5, 0.6) is 0 Å². The molecule has 0 atom stereocenters. The van der Waals surface area contributed by atoms with Crippen molar-refractivity contribution in [3.63, 3.8) is 0 Å². The van der Waals surface area contributed by atoms with Crippen LogP contribution >= 0.6 is 0 Å². The lowest BCUT2D eigenvalue weighted by atomic mass is 10.1. The fraction of sp³-hybridized carbons (Fsp3) is 0.300. The SMILES string of the molecule is CCCNC(=O)c1cc(N)cc(N)c1. The zero-order valence-corrected chi connectivity index (χ0v) is 8.21. The first-order valence-corrected chi connectivity index (χ1v) is 4.57. The number of benzene rings is 1. The molecule has 4 heteroatoms. The predicted molar refractivity (Wildman–Crippen MR) is 57.9 cm³/mol. The van der Waals surface area contributed by atoms with E-state index in [2.05, 4.69) is 5.32 Å². The maximum Gasteiger partial charge on any atom is 0.251 e. The first-order valence-electron chi connectivity index (χ1n) is 4.57. The third-order valence-corrected chi connectivity index (χ3v) is 1.78. The first-order chi connectivity index (χ1) is 6.63. The van der Waals surface area contributed by atoms with Crippen LogP contribution in [0.2, 0.25) is 0 Å². The molecule has 0 aliphatic carbocycles.